The summed E-state index contributed by atoms with van der Waals surface area (Å²) in [5.41, 5.74) is 0. The van der Waals surface area contributed by atoms with Gasteiger partial charge in [0.1, 0.15) is 10.4 Å². The molecular formula is C12H18BrN3. The lowest BCUT2D eigenvalue weighted by atomic mass is 10.3. The van der Waals surface area contributed by atoms with Gasteiger partial charge in [0.2, 0.25) is 0 Å². The zero-order valence-electron chi connectivity index (χ0n) is 9.62. The van der Waals surface area contributed by atoms with Gasteiger partial charge in [0.15, 0.2) is 0 Å². The van der Waals surface area contributed by atoms with Gasteiger partial charge in [-0.25, -0.2) is 4.98 Å². The number of halogens is 1. The van der Waals surface area contributed by atoms with E-state index < -0.39 is 0 Å². The zero-order valence-corrected chi connectivity index (χ0v) is 11.2. The fourth-order valence-corrected chi connectivity index (χ4v) is 2.48. The molecule has 1 unspecified atom stereocenters. The van der Waals surface area contributed by atoms with Crippen LogP contribution in [-0.2, 0) is 0 Å². The van der Waals surface area contributed by atoms with E-state index in [1.54, 1.807) is 0 Å². The molecule has 1 N–H and O–H groups in total. The molecule has 1 aliphatic rings. The Kier molecular flexibility index (Phi) is 4.18. The topological polar surface area (TPSA) is 28.2 Å². The molecule has 1 aromatic heterocycles. The second kappa shape index (κ2) is 5.64. The molecule has 88 valence electrons. The van der Waals surface area contributed by atoms with Gasteiger partial charge in [-0.3, -0.25) is 0 Å². The molecule has 0 bridgehead atoms. The van der Waals surface area contributed by atoms with Crippen molar-refractivity contribution in [3.8, 4) is 0 Å². The summed E-state index contributed by atoms with van der Waals surface area (Å²) in [5, 5.41) is 3.43. The largest absolute Gasteiger partial charge is 0.366 e. The van der Waals surface area contributed by atoms with Gasteiger partial charge in [0.05, 0.1) is 0 Å². The third kappa shape index (κ3) is 3.46. The van der Waals surface area contributed by atoms with Crippen LogP contribution in [-0.4, -0.2) is 35.6 Å². The van der Waals surface area contributed by atoms with Crippen molar-refractivity contribution in [3.05, 3.63) is 22.8 Å². The van der Waals surface area contributed by atoms with Crippen LogP contribution in [0.2, 0.25) is 0 Å². The molecule has 0 aromatic carbocycles. The number of pyridine rings is 1. The van der Waals surface area contributed by atoms with Crippen molar-refractivity contribution < 1.29 is 0 Å². The summed E-state index contributed by atoms with van der Waals surface area (Å²) in [4.78, 5) is 6.88. The minimum Gasteiger partial charge on any atom is -0.366 e. The smallest absolute Gasteiger partial charge is 0.127 e. The summed E-state index contributed by atoms with van der Waals surface area (Å²) in [7, 11) is 0. The molecule has 0 radical (unpaired) electrons. The Balaban J connectivity index is 1.84. The van der Waals surface area contributed by atoms with Crippen LogP contribution in [0.15, 0.2) is 22.8 Å². The van der Waals surface area contributed by atoms with Gasteiger partial charge >= 0.3 is 0 Å². The number of aromatic nitrogens is 1. The van der Waals surface area contributed by atoms with E-state index in [0.717, 1.165) is 17.0 Å². The summed E-state index contributed by atoms with van der Waals surface area (Å²) in [5.74, 6) is 0.945. The number of hydrogen-bond acceptors (Lipinski definition) is 3. The van der Waals surface area contributed by atoms with Crippen molar-refractivity contribution in [2.45, 2.75) is 25.8 Å². The van der Waals surface area contributed by atoms with E-state index in [1.807, 2.05) is 18.2 Å². The Hall–Kier alpha value is -0.610. The molecule has 1 aliphatic heterocycles. The molecule has 2 heterocycles. The highest BCUT2D eigenvalue weighted by molar-refractivity contribution is 9.10. The zero-order chi connectivity index (χ0) is 11.4. The van der Waals surface area contributed by atoms with Crippen LogP contribution in [0.1, 0.15) is 19.8 Å². The van der Waals surface area contributed by atoms with E-state index in [2.05, 4.69) is 38.1 Å². The molecule has 3 nitrogen and oxygen atoms in total. The van der Waals surface area contributed by atoms with E-state index in [9.17, 15) is 0 Å². The van der Waals surface area contributed by atoms with Gasteiger partial charge in [-0.1, -0.05) is 6.07 Å². The van der Waals surface area contributed by atoms with Crippen LogP contribution in [0, 0.1) is 0 Å². The first-order chi connectivity index (χ1) is 7.74. The number of rotatable bonds is 4. The van der Waals surface area contributed by atoms with Crippen LogP contribution in [0.4, 0.5) is 5.82 Å². The standard InChI is InChI=1S/C12H18BrN3/c1-10(9-16-7-2-3-8-16)14-12-6-4-5-11(13)15-12/h4-6,10H,2-3,7-9H2,1H3,(H,14,15). The van der Waals surface area contributed by atoms with Crippen molar-refractivity contribution in [1.82, 2.24) is 9.88 Å². The molecule has 16 heavy (non-hydrogen) atoms. The summed E-state index contributed by atoms with van der Waals surface area (Å²) < 4.78 is 0.880. The van der Waals surface area contributed by atoms with Gasteiger partial charge in [0.25, 0.3) is 0 Å². The van der Waals surface area contributed by atoms with Crippen molar-refractivity contribution in [1.29, 1.82) is 0 Å². The van der Waals surface area contributed by atoms with E-state index in [-0.39, 0.29) is 0 Å². The fourth-order valence-electron chi connectivity index (χ4n) is 2.14. The molecule has 1 aromatic rings. The molecule has 1 saturated heterocycles. The van der Waals surface area contributed by atoms with E-state index in [4.69, 9.17) is 0 Å². The number of hydrogen-bond donors (Lipinski definition) is 1. The minimum atomic E-state index is 0.444. The van der Waals surface area contributed by atoms with Gasteiger partial charge in [-0.05, 0) is 60.9 Å². The molecule has 0 aliphatic carbocycles. The van der Waals surface area contributed by atoms with E-state index in [1.165, 1.54) is 25.9 Å². The molecule has 4 heteroatoms. The predicted molar refractivity (Wildman–Crippen MR) is 70.7 cm³/mol. The first kappa shape index (κ1) is 11.9. The number of anilines is 1. The molecule has 1 atom stereocenters. The van der Waals surface area contributed by atoms with Crippen molar-refractivity contribution in [3.63, 3.8) is 0 Å². The van der Waals surface area contributed by atoms with Crippen LogP contribution in [0.3, 0.4) is 0 Å². The second-order valence-electron chi connectivity index (χ2n) is 4.40. The fraction of sp³-hybridized carbons (Fsp3) is 0.583. The van der Waals surface area contributed by atoms with Crippen molar-refractivity contribution >= 4 is 21.7 Å². The summed E-state index contributed by atoms with van der Waals surface area (Å²) in [6.07, 6.45) is 2.70. The van der Waals surface area contributed by atoms with Gasteiger partial charge in [0, 0.05) is 12.6 Å². The quantitative estimate of drug-likeness (QED) is 0.862. The number of likely N-dealkylation sites (tertiary alicyclic amines) is 1. The van der Waals surface area contributed by atoms with Crippen molar-refractivity contribution in [2.75, 3.05) is 25.0 Å². The lowest BCUT2D eigenvalue weighted by Crippen LogP contribution is -2.33. The molecular weight excluding hydrogens is 266 g/mol. The Labute approximate surface area is 105 Å². The summed E-state index contributed by atoms with van der Waals surface area (Å²) in [6.45, 7) is 5.81. The molecule has 0 amide bonds. The maximum Gasteiger partial charge on any atom is 0.127 e. The van der Waals surface area contributed by atoms with Gasteiger partial charge < -0.3 is 10.2 Å². The normalized spacial score (nSPS) is 18.6. The Bertz CT molecular complexity index is 337. The Morgan fingerprint density at radius 3 is 2.88 bits per heavy atom. The first-order valence-electron chi connectivity index (χ1n) is 5.85. The molecule has 2 rings (SSSR count). The highest BCUT2D eigenvalue weighted by Crippen LogP contribution is 2.13. The van der Waals surface area contributed by atoms with Crippen LogP contribution in [0.5, 0.6) is 0 Å². The average Bonchev–Trinajstić information content (AvgIpc) is 2.70. The lowest BCUT2D eigenvalue weighted by Gasteiger charge is -2.21. The average molecular weight is 284 g/mol. The second-order valence-corrected chi connectivity index (χ2v) is 5.21. The van der Waals surface area contributed by atoms with E-state index >= 15 is 0 Å². The minimum absolute atomic E-state index is 0.444. The molecule has 0 saturated carbocycles. The highest BCUT2D eigenvalue weighted by Gasteiger charge is 2.14. The van der Waals surface area contributed by atoms with Gasteiger partial charge in [-0.2, -0.15) is 0 Å². The van der Waals surface area contributed by atoms with Gasteiger partial charge in [-0.15, -0.1) is 0 Å². The summed E-state index contributed by atoms with van der Waals surface area (Å²) >= 11 is 3.38. The molecule has 1 fully saturated rings. The van der Waals surface area contributed by atoms with Crippen LogP contribution >= 0.6 is 15.9 Å². The predicted octanol–water partition coefficient (Wildman–Crippen LogP) is 2.74. The first-order valence-corrected chi connectivity index (χ1v) is 6.65. The highest BCUT2D eigenvalue weighted by atomic mass is 79.9. The molecule has 0 spiro atoms. The van der Waals surface area contributed by atoms with Crippen LogP contribution in [0.25, 0.3) is 0 Å². The summed E-state index contributed by atoms with van der Waals surface area (Å²) in [6, 6.07) is 6.39. The number of nitrogens with one attached hydrogen (secondary N) is 1. The van der Waals surface area contributed by atoms with E-state index in [0.29, 0.717) is 6.04 Å². The monoisotopic (exact) mass is 283 g/mol. The third-order valence-electron chi connectivity index (χ3n) is 2.84. The maximum atomic E-state index is 4.37. The Morgan fingerprint density at radius 1 is 1.44 bits per heavy atom. The Morgan fingerprint density at radius 2 is 2.19 bits per heavy atom. The maximum absolute atomic E-state index is 4.37. The van der Waals surface area contributed by atoms with Crippen LogP contribution < -0.4 is 5.32 Å². The SMILES string of the molecule is CC(CN1CCCC1)Nc1cccc(Br)n1. The third-order valence-corrected chi connectivity index (χ3v) is 3.28. The van der Waals surface area contributed by atoms with Crippen molar-refractivity contribution in [2.24, 2.45) is 0 Å². The lowest BCUT2D eigenvalue weighted by molar-refractivity contribution is 0.327. The number of nitrogens with zero attached hydrogens (tertiary/aromatic N) is 2.